The van der Waals surface area contributed by atoms with Crippen LogP contribution in [0.2, 0.25) is 5.02 Å². The van der Waals surface area contributed by atoms with Crippen LogP contribution in [-0.2, 0) is 9.84 Å². The number of hydrogen-bond donors (Lipinski definition) is 3. The first-order valence-corrected chi connectivity index (χ1v) is 8.38. The summed E-state index contributed by atoms with van der Waals surface area (Å²) < 4.78 is 21.8. The van der Waals surface area contributed by atoms with Crippen molar-refractivity contribution in [2.45, 2.75) is 6.42 Å². The van der Waals surface area contributed by atoms with Crippen LogP contribution in [0.4, 0.5) is 10.5 Å². The molecule has 0 bridgehead atoms. The lowest BCUT2D eigenvalue weighted by Gasteiger charge is -2.08. The van der Waals surface area contributed by atoms with E-state index >= 15 is 0 Å². The van der Waals surface area contributed by atoms with Gasteiger partial charge in [-0.15, -0.1) is 0 Å². The fourth-order valence-electron chi connectivity index (χ4n) is 1.48. The number of carboxylic acid groups (broad SMARTS) is 1. The largest absolute Gasteiger partial charge is 0.478 e. The fourth-order valence-corrected chi connectivity index (χ4v) is 2.35. The van der Waals surface area contributed by atoms with Gasteiger partial charge in [0.2, 0.25) is 0 Å². The zero-order chi connectivity index (χ0) is 16.0. The summed E-state index contributed by atoms with van der Waals surface area (Å²) in [6, 6.07) is 3.51. The minimum absolute atomic E-state index is 0.0165. The van der Waals surface area contributed by atoms with Gasteiger partial charge in [-0.25, -0.2) is 18.0 Å². The molecule has 1 aromatic carbocycles. The van der Waals surface area contributed by atoms with Crippen molar-refractivity contribution in [3.63, 3.8) is 0 Å². The SMILES string of the molecule is CS(=O)(=O)CCCNC(=O)Nc1ccc(Cl)c(C(=O)O)c1. The van der Waals surface area contributed by atoms with E-state index in [1.54, 1.807) is 0 Å². The molecule has 9 heteroatoms. The number of nitrogens with one attached hydrogen (secondary N) is 2. The van der Waals surface area contributed by atoms with Crippen molar-refractivity contribution >= 4 is 39.1 Å². The van der Waals surface area contributed by atoms with Gasteiger partial charge in [0.05, 0.1) is 16.3 Å². The number of carbonyl (C=O) groups excluding carboxylic acids is 1. The number of sulfone groups is 1. The number of urea groups is 1. The minimum atomic E-state index is -3.05. The molecule has 116 valence electrons. The van der Waals surface area contributed by atoms with Crippen LogP contribution in [0.25, 0.3) is 0 Å². The van der Waals surface area contributed by atoms with Crippen LogP contribution in [0.3, 0.4) is 0 Å². The molecule has 0 saturated heterocycles. The standard InChI is InChI=1S/C12H15ClN2O5S/c1-21(19,20)6-2-5-14-12(18)15-8-3-4-10(13)9(7-8)11(16)17/h3-4,7H,2,5-6H2,1H3,(H,16,17)(H2,14,15,18). The lowest BCUT2D eigenvalue weighted by atomic mass is 10.2. The highest BCUT2D eigenvalue weighted by Crippen LogP contribution is 2.20. The van der Waals surface area contributed by atoms with E-state index in [9.17, 15) is 18.0 Å². The second kappa shape index (κ2) is 7.28. The van der Waals surface area contributed by atoms with Crippen molar-refractivity contribution in [3.05, 3.63) is 28.8 Å². The Morgan fingerprint density at radius 3 is 2.57 bits per heavy atom. The molecule has 0 atom stereocenters. The maximum absolute atomic E-state index is 11.6. The number of anilines is 1. The summed E-state index contributed by atoms with van der Waals surface area (Å²) >= 11 is 5.71. The van der Waals surface area contributed by atoms with E-state index in [-0.39, 0.29) is 28.6 Å². The van der Waals surface area contributed by atoms with Crippen molar-refractivity contribution in [1.29, 1.82) is 0 Å². The molecule has 0 radical (unpaired) electrons. The first-order chi connectivity index (χ1) is 9.69. The first kappa shape index (κ1) is 17.3. The molecule has 0 aliphatic carbocycles. The molecule has 7 nitrogen and oxygen atoms in total. The molecule has 1 rings (SSSR count). The van der Waals surface area contributed by atoms with Gasteiger partial charge in [-0.2, -0.15) is 0 Å². The molecular formula is C12H15ClN2O5S. The molecule has 0 saturated carbocycles. The molecule has 21 heavy (non-hydrogen) atoms. The summed E-state index contributed by atoms with van der Waals surface area (Å²) in [4.78, 5) is 22.4. The van der Waals surface area contributed by atoms with Gasteiger partial charge >= 0.3 is 12.0 Å². The Balaban J connectivity index is 2.52. The molecule has 0 heterocycles. The number of halogens is 1. The molecule has 2 amide bonds. The number of benzene rings is 1. The summed E-state index contributed by atoms with van der Waals surface area (Å²) in [5.41, 5.74) is 0.156. The van der Waals surface area contributed by atoms with Crippen molar-refractivity contribution < 1.29 is 23.1 Å². The van der Waals surface area contributed by atoms with E-state index in [2.05, 4.69) is 10.6 Å². The second-order valence-electron chi connectivity index (χ2n) is 4.36. The first-order valence-electron chi connectivity index (χ1n) is 5.94. The molecule has 1 aromatic rings. The summed E-state index contributed by atoms with van der Waals surface area (Å²) in [5.74, 6) is -1.21. The van der Waals surface area contributed by atoms with E-state index in [0.717, 1.165) is 6.26 Å². The van der Waals surface area contributed by atoms with Crippen LogP contribution < -0.4 is 10.6 Å². The van der Waals surface area contributed by atoms with Crippen LogP contribution in [0.5, 0.6) is 0 Å². The molecule has 0 spiro atoms. The minimum Gasteiger partial charge on any atom is -0.478 e. The van der Waals surface area contributed by atoms with Crippen LogP contribution in [0, 0.1) is 0 Å². The molecule has 0 aromatic heterocycles. The van der Waals surface area contributed by atoms with Crippen LogP contribution in [-0.4, -0.2) is 44.1 Å². The van der Waals surface area contributed by atoms with Crippen LogP contribution >= 0.6 is 11.6 Å². The van der Waals surface area contributed by atoms with E-state index in [0.29, 0.717) is 6.42 Å². The number of carboxylic acids is 1. The normalized spacial score (nSPS) is 11.0. The number of rotatable bonds is 6. The molecular weight excluding hydrogens is 320 g/mol. The second-order valence-corrected chi connectivity index (χ2v) is 7.03. The van der Waals surface area contributed by atoms with Gasteiger partial charge in [0.1, 0.15) is 9.84 Å². The van der Waals surface area contributed by atoms with E-state index in [1.165, 1.54) is 18.2 Å². The molecule has 0 aliphatic heterocycles. The van der Waals surface area contributed by atoms with Crippen LogP contribution in [0.15, 0.2) is 18.2 Å². The van der Waals surface area contributed by atoms with Crippen molar-refractivity contribution in [2.24, 2.45) is 0 Å². The molecule has 3 N–H and O–H groups in total. The fraction of sp³-hybridized carbons (Fsp3) is 0.333. The van der Waals surface area contributed by atoms with Gasteiger partial charge in [0.15, 0.2) is 0 Å². The Kier molecular flexibility index (Phi) is 5.98. The highest BCUT2D eigenvalue weighted by molar-refractivity contribution is 7.90. The third-order valence-corrected chi connectivity index (χ3v) is 3.79. The third kappa shape index (κ3) is 6.46. The average molecular weight is 335 g/mol. The zero-order valence-corrected chi connectivity index (χ0v) is 12.8. The maximum Gasteiger partial charge on any atom is 0.337 e. The Hall–Kier alpha value is -1.80. The monoisotopic (exact) mass is 334 g/mol. The quantitative estimate of drug-likeness (QED) is 0.684. The van der Waals surface area contributed by atoms with Gasteiger partial charge in [0, 0.05) is 18.5 Å². The Morgan fingerprint density at radius 2 is 2.00 bits per heavy atom. The topological polar surface area (TPSA) is 113 Å². The Labute approximate surface area is 127 Å². The van der Waals surface area contributed by atoms with Crippen molar-refractivity contribution in [3.8, 4) is 0 Å². The van der Waals surface area contributed by atoms with Gasteiger partial charge in [-0.1, -0.05) is 11.6 Å². The van der Waals surface area contributed by atoms with Crippen molar-refractivity contribution in [2.75, 3.05) is 23.9 Å². The van der Waals surface area contributed by atoms with Gasteiger partial charge < -0.3 is 15.7 Å². The van der Waals surface area contributed by atoms with Crippen LogP contribution in [0.1, 0.15) is 16.8 Å². The predicted molar refractivity (Wildman–Crippen MR) is 79.8 cm³/mol. The van der Waals surface area contributed by atoms with E-state index in [1.807, 2.05) is 0 Å². The van der Waals surface area contributed by atoms with Gasteiger partial charge in [-0.05, 0) is 24.6 Å². The third-order valence-electron chi connectivity index (χ3n) is 2.43. The molecule has 0 fully saturated rings. The number of amides is 2. The molecule has 0 unspecified atom stereocenters. The summed E-state index contributed by atoms with van der Waals surface area (Å²) in [7, 11) is -3.05. The van der Waals surface area contributed by atoms with E-state index < -0.39 is 21.8 Å². The van der Waals surface area contributed by atoms with E-state index in [4.69, 9.17) is 16.7 Å². The smallest absolute Gasteiger partial charge is 0.337 e. The lowest BCUT2D eigenvalue weighted by molar-refractivity contribution is 0.0697. The average Bonchev–Trinajstić information content (AvgIpc) is 2.35. The molecule has 0 aliphatic rings. The lowest BCUT2D eigenvalue weighted by Crippen LogP contribution is -2.30. The Bertz CT molecular complexity index is 645. The van der Waals surface area contributed by atoms with Gasteiger partial charge in [0.25, 0.3) is 0 Å². The number of aromatic carboxylic acids is 1. The number of hydrogen-bond acceptors (Lipinski definition) is 4. The predicted octanol–water partition coefficient (Wildman–Crippen LogP) is 1.59. The van der Waals surface area contributed by atoms with Gasteiger partial charge in [-0.3, -0.25) is 0 Å². The summed E-state index contributed by atoms with van der Waals surface area (Å²) in [6.45, 7) is 0.193. The summed E-state index contributed by atoms with van der Waals surface area (Å²) in [5, 5.41) is 13.9. The highest BCUT2D eigenvalue weighted by Gasteiger charge is 2.10. The summed E-state index contributed by atoms with van der Waals surface area (Å²) in [6.07, 6.45) is 1.42. The Morgan fingerprint density at radius 1 is 1.33 bits per heavy atom. The zero-order valence-electron chi connectivity index (χ0n) is 11.2. The maximum atomic E-state index is 11.6. The highest BCUT2D eigenvalue weighted by atomic mass is 35.5. The number of carbonyl (C=O) groups is 2. The van der Waals surface area contributed by atoms with Crippen molar-refractivity contribution in [1.82, 2.24) is 5.32 Å².